The normalized spacial score (nSPS) is 29.6. The molecule has 2 rings (SSSR count). The van der Waals surface area contributed by atoms with Crippen LogP contribution in [0.5, 0.6) is 0 Å². The Kier molecular flexibility index (Phi) is 4.99. The average molecular weight is 285 g/mol. The molecule has 0 aromatic rings. The van der Waals surface area contributed by atoms with E-state index >= 15 is 0 Å². The van der Waals surface area contributed by atoms with Gasteiger partial charge < -0.3 is 20.3 Å². The maximum atomic E-state index is 11.9. The molecule has 0 spiro atoms. The van der Waals surface area contributed by atoms with E-state index in [9.17, 15) is 14.7 Å². The summed E-state index contributed by atoms with van der Waals surface area (Å²) in [6.07, 6.45) is 4.81. The first-order valence-corrected chi connectivity index (χ1v) is 7.38. The molecule has 1 saturated carbocycles. The number of aliphatic hydroxyl groups is 1. The lowest BCUT2D eigenvalue weighted by Crippen LogP contribution is -2.46. The van der Waals surface area contributed by atoms with Crippen LogP contribution in [0.25, 0.3) is 0 Å². The number of amides is 1. The van der Waals surface area contributed by atoms with Crippen LogP contribution in [0.2, 0.25) is 0 Å². The molecule has 6 heteroatoms. The number of rotatable bonds is 4. The summed E-state index contributed by atoms with van der Waals surface area (Å²) < 4.78 is 5.19. The molecule has 20 heavy (non-hydrogen) atoms. The Morgan fingerprint density at radius 1 is 1.10 bits per heavy atom. The highest BCUT2D eigenvalue weighted by Crippen LogP contribution is 2.26. The van der Waals surface area contributed by atoms with Gasteiger partial charge in [-0.15, -0.1) is 0 Å². The number of carboxylic acids is 1. The number of carboxylic acid groups (broad SMARTS) is 1. The summed E-state index contributed by atoms with van der Waals surface area (Å²) in [4.78, 5) is 22.7. The Labute approximate surface area is 118 Å². The van der Waals surface area contributed by atoms with E-state index in [-0.39, 0.29) is 12.5 Å². The van der Waals surface area contributed by atoms with Gasteiger partial charge in [-0.05, 0) is 25.7 Å². The van der Waals surface area contributed by atoms with Crippen LogP contribution in [-0.2, 0) is 14.3 Å². The van der Waals surface area contributed by atoms with Crippen molar-refractivity contribution in [2.24, 2.45) is 0 Å². The lowest BCUT2D eigenvalue weighted by atomic mass is 9.94. The van der Waals surface area contributed by atoms with Crippen molar-refractivity contribution in [2.75, 3.05) is 6.54 Å². The van der Waals surface area contributed by atoms with Crippen molar-refractivity contribution in [3.8, 4) is 0 Å². The van der Waals surface area contributed by atoms with Crippen LogP contribution in [0.15, 0.2) is 0 Å². The molecule has 114 valence electrons. The number of ether oxygens (including phenoxy) is 1. The molecule has 1 heterocycles. The van der Waals surface area contributed by atoms with E-state index in [1.165, 1.54) is 0 Å². The third-order valence-electron chi connectivity index (χ3n) is 4.21. The molecule has 1 amide bonds. The molecule has 1 aliphatic carbocycles. The molecular formula is C14H23NO5. The van der Waals surface area contributed by atoms with E-state index in [4.69, 9.17) is 9.84 Å². The van der Waals surface area contributed by atoms with E-state index in [2.05, 4.69) is 5.32 Å². The summed E-state index contributed by atoms with van der Waals surface area (Å²) in [7, 11) is 0. The van der Waals surface area contributed by atoms with Gasteiger partial charge in [0.1, 0.15) is 6.10 Å². The minimum Gasteiger partial charge on any atom is -0.479 e. The van der Waals surface area contributed by atoms with Crippen LogP contribution in [0.3, 0.4) is 0 Å². The fraction of sp³-hybridized carbons (Fsp3) is 0.857. The number of carbonyl (C=O) groups excluding carboxylic acids is 1. The summed E-state index contributed by atoms with van der Waals surface area (Å²) in [5, 5.41) is 22.0. The van der Waals surface area contributed by atoms with Gasteiger partial charge in [0.2, 0.25) is 5.91 Å². The minimum atomic E-state index is -1.03. The molecule has 2 atom stereocenters. The first-order valence-electron chi connectivity index (χ1n) is 7.38. The number of hydrogen-bond donors (Lipinski definition) is 3. The van der Waals surface area contributed by atoms with Crippen molar-refractivity contribution in [1.82, 2.24) is 5.32 Å². The number of nitrogens with one attached hydrogen (secondary N) is 1. The van der Waals surface area contributed by atoms with Gasteiger partial charge in [-0.3, -0.25) is 4.79 Å². The second-order valence-electron chi connectivity index (χ2n) is 5.89. The predicted octanol–water partition coefficient (Wildman–Crippen LogP) is 0.820. The molecule has 3 N–H and O–H groups in total. The first kappa shape index (κ1) is 15.3. The highest BCUT2D eigenvalue weighted by molar-refractivity contribution is 5.82. The zero-order valence-corrected chi connectivity index (χ0v) is 11.6. The van der Waals surface area contributed by atoms with Gasteiger partial charge in [0.05, 0.1) is 5.60 Å². The van der Waals surface area contributed by atoms with Crippen LogP contribution in [0.1, 0.15) is 51.4 Å². The smallest absolute Gasteiger partial charge is 0.332 e. The van der Waals surface area contributed by atoms with Crippen LogP contribution >= 0.6 is 0 Å². The fourth-order valence-electron chi connectivity index (χ4n) is 2.94. The summed E-state index contributed by atoms with van der Waals surface area (Å²) in [6, 6.07) is 0. The molecule has 0 aromatic carbocycles. The van der Waals surface area contributed by atoms with Crippen LogP contribution in [0, 0.1) is 0 Å². The Morgan fingerprint density at radius 2 is 1.70 bits per heavy atom. The second-order valence-corrected chi connectivity index (χ2v) is 5.89. The van der Waals surface area contributed by atoms with Gasteiger partial charge in [0.15, 0.2) is 6.10 Å². The van der Waals surface area contributed by atoms with Gasteiger partial charge in [-0.2, -0.15) is 0 Å². The van der Waals surface area contributed by atoms with E-state index in [1.807, 2.05) is 0 Å². The van der Waals surface area contributed by atoms with Crippen molar-refractivity contribution < 1.29 is 24.5 Å². The van der Waals surface area contributed by atoms with Crippen LogP contribution in [-0.4, -0.2) is 46.4 Å². The standard InChI is InChI=1S/C14H23NO5/c16-12(10-5-6-11(20-10)13(17)18)15-9-14(19)7-3-1-2-4-8-14/h10-11,19H,1-9H2,(H,15,16)(H,17,18)/t10-,11+/m0/s1. The minimum absolute atomic E-state index is 0.226. The topological polar surface area (TPSA) is 95.9 Å². The molecule has 1 saturated heterocycles. The first-order chi connectivity index (χ1) is 9.50. The summed E-state index contributed by atoms with van der Waals surface area (Å²) in [5.74, 6) is -1.34. The fourth-order valence-corrected chi connectivity index (χ4v) is 2.94. The number of carbonyl (C=O) groups is 2. The zero-order chi connectivity index (χ0) is 14.6. The van der Waals surface area contributed by atoms with Crippen LogP contribution < -0.4 is 5.32 Å². The lowest BCUT2D eigenvalue weighted by Gasteiger charge is -2.27. The quantitative estimate of drug-likeness (QED) is 0.665. The Bertz CT molecular complexity index is 363. The zero-order valence-electron chi connectivity index (χ0n) is 11.6. The van der Waals surface area contributed by atoms with E-state index in [0.29, 0.717) is 25.7 Å². The van der Waals surface area contributed by atoms with Gasteiger partial charge in [-0.1, -0.05) is 25.7 Å². The molecule has 2 aliphatic rings. The van der Waals surface area contributed by atoms with Crippen molar-refractivity contribution in [3.05, 3.63) is 0 Å². The highest BCUT2D eigenvalue weighted by Gasteiger charge is 2.36. The van der Waals surface area contributed by atoms with Crippen molar-refractivity contribution in [2.45, 2.75) is 69.2 Å². The second kappa shape index (κ2) is 6.54. The molecule has 1 aliphatic heterocycles. The third-order valence-corrected chi connectivity index (χ3v) is 4.21. The number of aliphatic carboxylic acids is 1. The van der Waals surface area contributed by atoms with E-state index < -0.39 is 23.8 Å². The van der Waals surface area contributed by atoms with Gasteiger partial charge in [0.25, 0.3) is 0 Å². The molecule has 0 aromatic heterocycles. The van der Waals surface area contributed by atoms with Gasteiger partial charge in [-0.25, -0.2) is 4.79 Å². The summed E-state index contributed by atoms with van der Waals surface area (Å²) in [6.45, 7) is 0.226. The summed E-state index contributed by atoms with van der Waals surface area (Å²) in [5.41, 5.74) is -0.822. The molecular weight excluding hydrogens is 262 g/mol. The van der Waals surface area contributed by atoms with Gasteiger partial charge >= 0.3 is 5.97 Å². The SMILES string of the molecule is O=C(NCC1(O)CCCCCC1)[C@@H]1CC[C@H](C(=O)O)O1. The molecule has 0 radical (unpaired) electrons. The van der Waals surface area contributed by atoms with E-state index in [1.54, 1.807) is 0 Å². The number of hydrogen-bond acceptors (Lipinski definition) is 4. The molecule has 0 bridgehead atoms. The van der Waals surface area contributed by atoms with Gasteiger partial charge in [0, 0.05) is 6.54 Å². The molecule has 0 unspecified atom stereocenters. The largest absolute Gasteiger partial charge is 0.479 e. The maximum Gasteiger partial charge on any atom is 0.332 e. The predicted molar refractivity (Wildman–Crippen MR) is 71.2 cm³/mol. The summed E-state index contributed by atoms with van der Waals surface area (Å²) >= 11 is 0. The van der Waals surface area contributed by atoms with Crippen molar-refractivity contribution >= 4 is 11.9 Å². The molecule has 6 nitrogen and oxygen atoms in total. The molecule has 2 fully saturated rings. The van der Waals surface area contributed by atoms with Crippen LogP contribution in [0.4, 0.5) is 0 Å². The Hall–Kier alpha value is -1.14. The maximum absolute atomic E-state index is 11.9. The highest BCUT2D eigenvalue weighted by atomic mass is 16.5. The third kappa shape index (κ3) is 3.93. The Morgan fingerprint density at radius 3 is 2.25 bits per heavy atom. The van der Waals surface area contributed by atoms with Crippen molar-refractivity contribution in [3.63, 3.8) is 0 Å². The average Bonchev–Trinajstić information content (AvgIpc) is 2.81. The monoisotopic (exact) mass is 285 g/mol. The lowest BCUT2D eigenvalue weighted by molar-refractivity contribution is -0.152. The van der Waals surface area contributed by atoms with E-state index in [0.717, 1.165) is 25.7 Å². The van der Waals surface area contributed by atoms with Crippen molar-refractivity contribution in [1.29, 1.82) is 0 Å². The Balaban J connectivity index is 1.78.